The van der Waals surface area contributed by atoms with Crippen LogP contribution in [0.5, 0.6) is 11.5 Å². The number of hydrogen-bond donors (Lipinski definition) is 0. The molecule has 4 nitrogen and oxygen atoms in total. The summed E-state index contributed by atoms with van der Waals surface area (Å²) in [6.07, 6.45) is 1.00. The van der Waals surface area contributed by atoms with E-state index >= 15 is 0 Å². The summed E-state index contributed by atoms with van der Waals surface area (Å²) in [6.45, 7) is 0.420. The van der Waals surface area contributed by atoms with Gasteiger partial charge in [0.15, 0.2) is 0 Å². The van der Waals surface area contributed by atoms with Crippen LogP contribution in [0.25, 0.3) is 0 Å². The minimum absolute atomic E-state index is 0. The van der Waals surface area contributed by atoms with Crippen molar-refractivity contribution in [3.8, 4) is 11.5 Å². The molecular formula is C14H14NaO4S. The maximum Gasteiger partial charge on any atom is 0.306 e. The van der Waals surface area contributed by atoms with Crippen molar-refractivity contribution in [1.82, 2.24) is 0 Å². The average Bonchev–Trinajstić information content (AvgIpc) is 2.36. The van der Waals surface area contributed by atoms with E-state index in [0.29, 0.717) is 12.4 Å². The quantitative estimate of drug-likeness (QED) is 0.628. The maximum absolute atomic E-state index is 11.0. The first-order valence-electron chi connectivity index (χ1n) is 5.69. The zero-order valence-electron chi connectivity index (χ0n) is 11.4. The van der Waals surface area contributed by atoms with Crippen molar-refractivity contribution < 1.29 is 17.3 Å². The average molecular weight is 301 g/mol. The molecule has 0 amide bonds. The molecule has 0 atom stereocenters. The predicted molar refractivity (Wildman–Crippen MR) is 78.4 cm³/mol. The Morgan fingerprint density at radius 3 is 2.25 bits per heavy atom. The fourth-order valence-corrected chi connectivity index (χ4v) is 1.98. The molecule has 2 aromatic rings. The number of rotatable bonds is 5. The van der Waals surface area contributed by atoms with E-state index < -0.39 is 10.1 Å². The van der Waals surface area contributed by atoms with Gasteiger partial charge in [-0.1, -0.05) is 36.4 Å². The van der Waals surface area contributed by atoms with Crippen LogP contribution in [-0.4, -0.2) is 44.2 Å². The Morgan fingerprint density at radius 1 is 0.950 bits per heavy atom. The fraction of sp³-hybridized carbons (Fsp3) is 0.143. The van der Waals surface area contributed by atoms with Gasteiger partial charge in [-0.2, -0.15) is 8.42 Å². The van der Waals surface area contributed by atoms with Crippen LogP contribution in [0.1, 0.15) is 5.56 Å². The van der Waals surface area contributed by atoms with Gasteiger partial charge in [0, 0.05) is 35.6 Å². The molecule has 0 fully saturated rings. The molecule has 0 N–H and O–H groups in total. The van der Waals surface area contributed by atoms with Gasteiger partial charge in [0.1, 0.15) is 18.1 Å². The summed E-state index contributed by atoms with van der Waals surface area (Å²) in [5.74, 6) is 0.804. The number of benzene rings is 2. The fourth-order valence-electron chi connectivity index (χ4n) is 1.53. The zero-order chi connectivity index (χ0) is 13.7. The topological polar surface area (TPSA) is 52.6 Å². The molecule has 0 unspecified atom stereocenters. The summed E-state index contributed by atoms with van der Waals surface area (Å²) in [7, 11) is -3.52. The monoisotopic (exact) mass is 301 g/mol. The van der Waals surface area contributed by atoms with E-state index in [4.69, 9.17) is 8.92 Å². The Bertz CT molecular complexity index is 641. The van der Waals surface area contributed by atoms with Crippen LogP contribution in [0.2, 0.25) is 0 Å². The Hall–Kier alpha value is -1.01. The van der Waals surface area contributed by atoms with Gasteiger partial charge in [0.05, 0.1) is 6.26 Å². The van der Waals surface area contributed by atoms with Crippen LogP contribution in [0.15, 0.2) is 54.6 Å². The molecule has 2 aromatic carbocycles. The first-order valence-corrected chi connectivity index (χ1v) is 7.51. The third-order valence-electron chi connectivity index (χ3n) is 2.30. The summed E-state index contributed by atoms with van der Waals surface area (Å²) in [6, 6.07) is 16.3. The largest absolute Gasteiger partial charge is 0.489 e. The van der Waals surface area contributed by atoms with E-state index in [1.165, 1.54) is 0 Å². The van der Waals surface area contributed by atoms with Crippen LogP contribution in [-0.2, 0) is 16.7 Å². The van der Waals surface area contributed by atoms with Gasteiger partial charge in [-0.15, -0.1) is 0 Å². The van der Waals surface area contributed by atoms with Crippen LogP contribution in [0.3, 0.4) is 0 Å². The maximum atomic E-state index is 11.0. The molecule has 0 saturated heterocycles. The molecule has 6 heteroatoms. The summed E-state index contributed by atoms with van der Waals surface area (Å²) >= 11 is 0. The summed E-state index contributed by atoms with van der Waals surface area (Å²) in [4.78, 5) is 0. The van der Waals surface area contributed by atoms with Gasteiger partial charge in [-0.3, -0.25) is 0 Å². The van der Waals surface area contributed by atoms with E-state index in [-0.39, 0.29) is 35.3 Å². The van der Waals surface area contributed by atoms with Crippen molar-refractivity contribution in [2.75, 3.05) is 6.26 Å². The predicted octanol–water partition coefficient (Wildman–Crippen LogP) is 2.22. The molecule has 0 aliphatic heterocycles. The van der Waals surface area contributed by atoms with E-state index in [0.717, 1.165) is 11.8 Å². The van der Waals surface area contributed by atoms with Crippen molar-refractivity contribution >= 4 is 39.7 Å². The van der Waals surface area contributed by atoms with E-state index in [1.807, 2.05) is 30.3 Å². The number of ether oxygens (including phenoxy) is 1. The standard InChI is InChI=1S/C14H14O4S.Na/c1-19(15,16)18-14-9-5-8-13(10-14)17-11-12-6-3-2-4-7-12;/h2-10H,11H2,1H3;. The van der Waals surface area contributed by atoms with Gasteiger partial charge in [-0.25, -0.2) is 0 Å². The number of hydrogen-bond acceptors (Lipinski definition) is 4. The first kappa shape index (κ1) is 17.0. The van der Waals surface area contributed by atoms with E-state index in [2.05, 4.69) is 0 Å². The van der Waals surface area contributed by atoms with Crippen LogP contribution >= 0.6 is 0 Å². The normalized spacial score (nSPS) is 10.4. The van der Waals surface area contributed by atoms with Crippen molar-refractivity contribution in [3.05, 3.63) is 60.2 Å². The molecule has 20 heavy (non-hydrogen) atoms. The van der Waals surface area contributed by atoms with E-state index in [9.17, 15) is 8.42 Å². The van der Waals surface area contributed by atoms with Gasteiger partial charge in [0.25, 0.3) is 0 Å². The molecule has 1 radical (unpaired) electrons. The van der Waals surface area contributed by atoms with Crippen LogP contribution < -0.4 is 8.92 Å². The summed E-state index contributed by atoms with van der Waals surface area (Å²) in [5.41, 5.74) is 1.04. The first-order chi connectivity index (χ1) is 9.03. The molecule has 0 saturated carbocycles. The molecule has 0 bridgehead atoms. The van der Waals surface area contributed by atoms with Crippen molar-refractivity contribution in [2.45, 2.75) is 6.61 Å². The van der Waals surface area contributed by atoms with Gasteiger partial charge >= 0.3 is 10.1 Å². The Balaban J connectivity index is 0.00000200. The third kappa shape index (κ3) is 5.96. The van der Waals surface area contributed by atoms with Crippen LogP contribution in [0.4, 0.5) is 0 Å². The van der Waals surface area contributed by atoms with Gasteiger partial charge < -0.3 is 8.92 Å². The molecule has 101 valence electrons. The molecule has 2 rings (SSSR count). The minimum atomic E-state index is -3.52. The van der Waals surface area contributed by atoms with Gasteiger partial charge in [-0.05, 0) is 17.7 Å². The second-order valence-electron chi connectivity index (χ2n) is 4.04. The molecule has 0 heterocycles. The zero-order valence-corrected chi connectivity index (χ0v) is 14.3. The van der Waals surface area contributed by atoms with E-state index in [1.54, 1.807) is 24.3 Å². The molecular weight excluding hydrogens is 287 g/mol. The Morgan fingerprint density at radius 2 is 1.60 bits per heavy atom. The SMILES string of the molecule is CS(=O)(=O)Oc1cccc(OCc2ccccc2)c1.[Na]. The minimum Gasteiger partial charge on any atom is -0.489 e. The second kappa shape index (κ2) is 7.69. The Kier molecular flexibility index (Phi) is 6.55. The summed E-state index contributed by atoms with van der Waals surface area (Å²) in [5, 5.41) is 0. The molecule has 0 spiro atoms. The molecule has 0 aliphatic rings. The second-order valence-corrected chi connectivity index (χ2v) is 5.61. The Labute approximate surface area is 141 Å². The van der Waals surface area contributed by atoms with Crippen molar-refractivity contribution in [1.29, 1.82) is 0 Å². The third-order valence-corrected chi connectivity index (χ3v) is 2.80. The summed E-state index contributed by atoms with van der Waals surface area (Å²) < 4.78 is 32.4. The molecule has 0 aliphatic carbocycles. The van der Waals surface area contributed by atoms with Crippen LogP contribution in [0, 0.1) is 0 Å². The van der Waals surface area contributed by atoms with Crippen molar-refractivity contribution in [3.63, 3.8) is 0 Å². The molecule has 0 aromatic heterocycles. The smallest absolute Gasteiger partial charge is 0.306 e. The van der Waals surface area contributed by atoms with Crippen molar-refractivity contribution in [2.24, 2.45) is 0 Å². The van der Waals surface area contributed by atoms with Gasteiger partial charge in [0.2, 0.25) is 0 Å².